The molecule has 1 aromatic rings. The third-order valence-electron chi connectivity index (χ3n) is 3.27. The van der Waals surface area contributed by atoms with Gasteiger partial charge in [0.15, 0.2) is 23.1 Å². The second kappa shape index (κ2) is 5.52. The Kier molecular flexibility index (Phi) is 4.01. The summed E-state index contributed by atoms with van der Waals surface area (Å²) in [4.78, 5) is 0. The minimum atomic E-state index is -0.902. The molecule has 100 valence electrons. The van der Waals surface area contributed by atoms with E-state index in [4.69, 9.17) is 9.47 Å². The number of halogens is 2. The monoisotopic (exact) mass is 257 g/mol. The van der Waals surface area contributed by atoms with Crippen molar-refractivity contribution in [2.45, 2.75) is 25.3 Å². The quantitative estimate of drug-likeness (QED) is 0.897. The first kappa shape index (κ1) is 13.1. The molecule has 0 aliphatic carbocycles. The third-order valence-corrected chi connectivity index (χ3v) is 3.27. The number of rotatable bonds is 4. The van der Waals surface area contributed by atoms with Crippen LogP contribution in [0.2, 0.25) is 0 Å². The second-order valence-electron chi connectivity index (χ2n) is 4.38. The summed E-state index contributed by atoms with van der Waals surface area (Å²) < 4.78 is 37.5. The van der Waals surface area contributed by atoms with Crippen LogP contribution < -0.4 is 14.8 Å². The summed E-state index contributed by atoms with van der Waals surface area (Å²) in [6.07, 6.45) is 2.42. The van der Waals surface area contributed by atoms with Crippen molar-refractivity contribution in [1.29, 1.82) is 0 Å². The van der Waals surface area contributed by atoms with Crippen LogP contribution in [0.25, 0.3) is 0 Å². The summed E-state index contributed by atoms with van der Waals surface area (Å²) >= 11 is 0. The van der Waals surface area contributed by atoms with E-state index in [9.17, 15) is 8.78 Å². The molecule has 0 radical (unpaired) electrons. The Morgan fingerprint density at radius 3 is 2.67 bits per heavy atom. The second-order valence-corrected chi connectivity index (χ2v) is 4.38. The molecule has 1 atom stereocenters. The zero-order valence-electron chi connectivity index (χ0n) is 10.6. The van der Waals surface area contributed by atoms with Gasteiger partial charge in [-0.05, 0) is 25.8 Å². The fourth-order valence-corrected chi connectivity index (χ4v) is 2.37. The van der Waals surface area contributed by atoms with Crippen LogP contribution in [0, 0.1) is 11.6 Å². The van der Waals surface area contributed by atoms with E-state index in [1.807, 2.05) is 0 Å². The SMILES string of the molecule is COc1cc(F)c(F)c(CC2CCCN2)c1OC. The van der Waals surface area contributed by atoms with E-state index in [-0.39, 0.29) is 23.1 Å². The predicted molar refractivity (Wildman–Crippen MR) is 64.2 cm³/mol. The van der Waals surface area contributed by atoms with Crippen LogP contribution in [0.15, 0.2) is 6.07 Å². The van der Waals surface area contributed by atoms with Gasteiger partial charge in [-0.3, -0.25) is 0 Å². The van der Waals surface area contributed by atoms with Crippen molar-refractivity contribution in [2.24, 2.45) is 0 Å². The molecule has 0 saturated carbocycles. The van der Waals surface area contributed by atoms with Gasteiger partial charge < -0.3 is 14.8 Å². The average molecular weight is 257 g/mol. The lowest BCUT2D eigenvalue weighted by Crippen LogP contribution is -2.24. The van der Waals surface area contributed by atoms with Gasteiger partial charge in [-0.15, -0.1) is 0 Å². The molecule has 1 fully saturated rings. The number of hydrogen-bond acceptors (Lipinski definition) is 3. The molecule has 1 aromatic carbocycles. The van der Waals surface area contributed by atoms with Crippen molar-refractivity contribution in [3.8, 4) is 11.5 Å². The normalized spacial score (nSPS) is 19.0. The van der Waals surface area contributed by atoms with E-state index >= 15 is 0 Å². The first-order valence-corrected chi connectivity index (χ1v) is 5.99. The molecule has 0 aromatic heterocycles. The highest BCUT2D eigenvalue weighted by Gasteiger charge is 2.24. The standard InChI is InChI=1S/C13H17F2NO2/c1-17-11-7-10(14)12(15)9(13(11)18-2)6-8-4-3-5-16-8/h7-8,16H,3-6H2,1-2H3. The number of nitrogens with one attached hydrogen (secondary N) is 1. The van der Waals surface area contributed by atoms with E-state index < -0.39 is 11.6 Å². The summed E-state index contributed by atoms with van der Waals surface area (Å²) in [7, 11) is 2.84. The number of hydrogen-bond donors (Lipinski definition) is 1. The lowest BCUT2D eigenvalue weighted by molar-refractivity contribution is 0.340. The Morgan fingerprint density at radius 2 is 2.11 bits per heavy atom. The van der Waals surface area contributed by atoms with Crippen molar-refractivity contribution in [3.63, 3.8) is 0 Å². The minimum absolute atomic E-state index is 0.167. The van der Waals surface area contributed by atoms with Gasteiger partial charge in [0, 0.05) is 17.7 Å². The van der Waals surface area contributed by atoms with Crippen LogP contribution >= 0.6 is 0 Å². The summed E-state index contributed by atoms with van der Waals surface area (Å²) in [5, 5.41) is 3.26. The van der Waals surface area contributed by atoms with Crippen molar-refractivity contribution in [1.82, 2.24) is 5.32 Å². The molecular weight excluding hydrogens is 240 g/mol. The van der Waals surface area contributed by atoms with Crippen molar-refractivity contribution >= 4 is 0 Å². The molecule has 0 spiro atoms. The van der Waals surface area contributed by atoms with E-state index in [2.05, 4.69) is 5.32 Å². The van der Waals surface area contributed by atoms with Gasteiger partial charge in [0.1, 0.15) is 0 Å². The first-order valence-electron chi connectivity index (χ1n) is 5.99. The minimum Gasteiger partial charge on any atom is -0.493 e. The lowest BCUT2D eigenvalue weighted by atomic mass is 10.0. The summed E-state index contributed by atoms with van der Waals surface area (Å²) in [6.45, 7) is 0.918. The van der Waals surface area contributed by atoms with Gasteiger partial charge in [0.05, 0.1) is 14.2 Å². The Hall–Kier alpha value is -1.36. The molecule has 0 bridgehead atoms. The molecule has 0 amide bonds. The Balaban J connectivity index is 2.38. The summed E-state index contributed by atoms with van der Waals surface area (Å²) in [6, 6.07) is 1.18. The Labute approximate surface area is 105 Å². The van der Waals surface area contributed by atoms with E-state index in [1.54, 1.807) is 0 Å². The van der Waals surface area contributed by atoms with Crippen molar-refractivity contribution in [2.75, 3.05) is 20.8 Å². The maximum Gasteiger partial charge on any atom is 0.167 e. The largest absolute Gasteiger partial charge is 0.493 e. The highest BCUT2D eigenvalue weighted by atomic mass is 19.2. The molecule has 1 unspecified atom stereocenters. The number of ether oxygens (including phenoxy) is 2. The Bertz CT molecular complexity index is 431. The van der Waals surface area contributed by atoms with Crippen LogP contribution in [0.1, 0.15) is 18.4 Å². The van der Waals surface area contributed by atoms with Gasteiger partial charge in [0.25, 0.3) is 0 Å². The fourth-order valence-electron chi connectivity index (χ4n) is 2.37. The topological polar surface area (TPSA) is 30.5 Å². The third kappa shape index (κ3) is 2.41. The first-order chi connectivity index (χ1) is 8.67. The van der Waals surface area contributed by atoms with Crippen LogP contribution in [-0.2, 0) is 6.42 Å². The Morgan fingerprint density at radius 1 is 1.33 bits per heavy atom. The maximum absolute atomic E-state index is 13.9. The smallest absolute Gasteiger partial charge is 0.167 e. The summed E-state index contributed by atoms with van der Waals surface area (Å²) in [5.74, 6) is -1.24. The zero-order valence-corrected chi connectivity index (χ0v) is 10.6. The fraction of sp³-hybridized carbons (Fsp3) is 0.538. The van der Waals surface area contributed by atoms with Gasteiger partial charge in [-0.2, -0.15) is 0 Å². The molecule has 1 saturated heterocycles. The highest BCUT2D eigenvalue weighted by molar-refractivity contribution is 5.48. The van der Waals surface area contributed by atoms with E-state index in [1.165, 1.54) is 14.2 Å². The molecule has 5 heteroatoms. The van der Waals surface area contributed by atoms with Crippen LogP contribution in [-0.4, -0.2) is 26.8 Å². The van der Waals surface area contributed by atoms with Gasteiger partial charge in [-0.1, -0.05) is 0 Å². The molecule has 2 rings (SSSR count). The van der Waals surface area contributed by atoms with Gasteiger partial charge >= 0.3 is 0 Å². The highest BCUT2D eigenvalue weighted by Crippen LogP contribution is 2.35. The average Bonchev–Trinajstić information content (AvgIpc) is 2.87. The molecule has 18 heavy (non-hydrogen) atoms. The zero-order chi connectivity index (χ0) is 13.1. The van der Waals surface area contributed by atoms with Gasteiger partial charge in [-0.25, -0.2) is 8.78 Å². The predicted octanol–water partition coefficient (Wildman–Crippen LogP) is 2.28. The van der Waals surface area contributed by atoms with Crippen molar-refractivity contribution < 1.29 is 18.3 Å². The maximum atomic E-state index is 13.9. The van der Waals surface area contributed by atoms with Crippen LogP contribution in [0.4, 0.5) is 8.78 Å². The van der Waals surface area contributed by atoms with Crippen molar-refractivity contribution in [3.05, 3.63) is 23.3 Å². The van der Waals surface area contributed by atoms with Gasteiger partial charge in [0.2, 0.25) is 0 Å². The molecule has 3 nitrogen and oxygen atoms in total. The molecule has 1 heterocycles. The van der Waals surface area contributed by atoms with E-state index in [0.717, 1.165) is 25.5 Å². The summed E-state index contributed by atoms with van der Waals surface area (Å²) in [5.41, 5.74) is 0.244. The van der Waals surface area contributed by atoms with Crippen LogP contribution in [0.5, 0.6) is 11.5 Å². The molecule has 1 aliphatic heterocycles. The molecule has 1 aliphatic rings. The molecule has 1 N–H and O–H groups in total. The molecular formula is C13H17F2NO2. The lowest BCUT2D eigenvalue weighted by Gasteiger charge is -2.17. The number of benzene rings is 1. The van der Waals surface area contributed by atoms with Crippen LogP contribution in [0.3, 0.4) is 0 Å². The van der Waals surface area contributed by atoms with E-state index in [0.29, 0.717) is 6.42 Å². The number of methoxy groups -OCH3 is 2.